The second kappa shape index (κ2) is 8.69. The summed E-state index contributed by atoms with van der Waals surface area (Å²) in [6.45, 7) is 5.50. The van der Waals surface area contributed by atoms with E-state index >= 15 is 0 Å². The fraction of sp³-hybridized carbons (Fsp3) is 0.524. The Morgan fingerprint density at radius 2 is 2.00 bits per heavy atom. The third-order valence-electron chi connectivity index (χ3n) is 6.33. The largest absolute Gasteiger partial charge is 0.344 e. The molecular weight excluding hydrogens is 422 g/mol. The monoisotopic (exact) mass is 449 g/mol. The molecule has 162 valence electrons. The zero-order valence-electron chi connectivity index (χ0n) is 17.4. The molecule has 1 spiro atoms. The van der Waals surface area contributed by atoms with Gasteiger partial charge in [0.25, 0.3) is 0 Å². The number of hydrogen-bond donors (Lipinski definition) is 1. The molecule has 9 heteroatoms. The molecule has 3 heterocycles. The third kappa shape index (κ3) is 4.40. The molecule has 2 saturated heterocycles. The number of carbonyl (C=O) groups excluding carboxylic acids is 1. The minimum absolute atomic E-state index is 0.127. The first-order chi connectivity index (χ1) is 14.4. The van der Waals surface area contributed by atoms with Gasteiger partial charge in [-0.3, -0.25) is 9.62 Å². The van der Waals surface area contributed by atoms with Crippen LogP contribution in [0.4, 0.5) is 10.6 Å². The molecule has 1 amide bonds. The summed E-state index contributed by atoms with van der Waals surface area (Å²) in [7, 11) is -1.21. The maximum Gasteiger partial charge on any atom is 0.344 e. The van der Waals surface area contributed by atoms with Gasteiger partial charge in [0.1, 0.15) is 11.0 Å². The molecular formula is C21H28ClN5O2S. The predicted molar refractivity (Wildman–Crippen MR) is 120 cm³/mol. The van der Waals surface area contributed by atoms with Crippen molar-refractivity contribution in [3.05, 3.63) is 46.6 Å². The van der Waals surface area contributed by atoms with Gasteiger partial charge in [0, 0.05) is 48.7 Å². The zero-order valence-corrected chi connectivity index (χ0v) is 19.0. The van der Waals surface area contributed by atoms with Crippen LogP contribution in [0.5, 0.6) is 0 Å². The molecule has 0 radical (unpaired) electrons. The van der Waals surface area contributed by atoms with Crippen LogP contribution in [-0.4, -0.2) is 61.2 Å². The summed E-state index contributed by atoms with van der Waals surface area (Å²) < 4.78 is 15.3. The second-order valence-corrected chi connectivity index (χ2v) is 9.82. The lowest BCUT2D eigenvalue weighted by atomic mass is 9.84. The van der Waals surface area contributed by atoms with Gasteiger partial charge in [0.05, 0.1) is 0 Å². The van der Waals surface area contributed by atoms with Crippen molar-refractivity contribution in [1.82, 2.24) is 19.6 Å². The molecule has 1 atom stereocenters. The van der Waals surface area contributed by atoms with Crippen LogP contribution < -0.4 is 4.72 Å². The Morgan fingerprint density at radius 3 is 2.70 bits per heavy atom. The van der Waals surface area contributed by atoms with E-state index < -0.39 is 11.0 Å². The smallest absolute Gasteiger partial charge is 0.323 e. The Balaban J connectivity index is 1.39. The lowest BCUT2D eigenvalue weighted by Gasteiger charge is -2.45. The number of aromatic nitrogens is 2. The molecule has 0 saturated carbocycles. The number of carbonyl (C=O) groups is 1. The van der Waals surface area contributed by atoms with E-state index in [1.807, 2.05) is 17.9 Å². The van der Waals surface area contributed by atoms with Crippen molar-refractivity contribution in [1.29, 1.82) is 0 Å². The van der Waals surface area contributed by atoms with E-state index in [1.54, 1.807) is 12.3 Å². The molecule has 1 aromatic heterocycles. The van der Waals surface area contributed by atoms with Crippen LogP contribution in [-0.2, 0) is 17.5 Å². The molecule has 1 unspecified atom stereocenters. The van der Waals surface area contributed by atoms with Crippen LogP contribution in [0, 0.1) is 6.92 Å². The van der Waals surface area contributed by atoms with Gasteiger partial charge in [-0.05, 0) is 56.3 Å². The number of halogens is 1. The van der Waals surface area contributed by atoms with Gasteiger partial charge >= 0.3 is 6.03 Å². The Morgan fingerprint density at radius 1 is 1.23 bits per heavy atom. The van der Waals surface area contributed by atoms with E-state index in [0.717, 1.165) is 49.6 Å². The second-order valence-electron chi connectivity index (χ2n) is 8.30. The number of nitrogens with zero attached hydrogens (tertiary/aromatic N) is 4. The van der Waals surface area contributed by atoms with Gasteiger partial charge in [0.15, 0.2) is 5.82 Å². The highest BCUT2D eigenvalue weighted by Gasteiger charge is 2.43. The van der Waals surface area contributed by atoms with Crippen LogP contribution in [0.3, 0.4) is 0 Å². The Bertz CT molecular complexity index is 955. The van der Waals surface area contributed by atoms with Crippen molar-refractivity contribution < 1.29 is 9.00 Å². The standard InChI is InChI=1S/C21H28ClN5O2S/c1-16-14-17(4-5-18(16)22)15-26-10-3-7-21(26)8-12-25(13-9-21)20(28)27-11-6-19(23-27)24-30(2)29/h4-6,11,14H,3,7-10,12-13,15H2,1-2H3,(H,23,24). The zero-order chi connectivity index (χ0) is 21.3. The summed E-state index contributed by atoms with van der Waals surface area (Å²) in [5.74, 6) is 0.442. The highest BCUT2D eigenvalue weighted by Crippen LogP contribution is 2.39. The molecule has 1 N–H and O–H groups in total. The SMILES string of the molecule is Cc1cc(CN2CCCC23CCN(C(=O)n2ccc(NS(C)=O)n2)CC3)ccc1Cl. The molecule has 2 aliphatic heterocycles. The van der Waals surface area contributed by atoms with Gasteiger partial charge < -0.3 is 4.90 Å². The highest BCUT2D eigenvalue weighted by molar-refractivity contribution is 7.85. The number of piperidine rings is 1. The minimum Gasteiger partial charge on any atom is -0.323 e. The van der Waals surface area contributed by atoms with Crippen LogP contribution in [0.2, 0.25) is 5.02 Å². The van der Waals surface area contributed by atoms with Crippen molar-refractivity contribution in [2.24, 2.45) is 0 Å². The molecule has 1 aromatic carbocycles. The van der Waals surface area contributed by atoms with Gasteiger partial charge in [0.2, 0.25) is 0 Å². The van der Waals surface area contributed by atoms with E-state index in [0.29, 0.717) is 5.82 Å². The summed E-state index contributed by atoms with van der Waals surface area (Å²) in [6, 6.07) is 7.82. The highest BCUT2D eigenvalue weighted by atomic mass is 35.5. The van der Waals surface area contributed by atoms with Gasteiger partial charge in [-0.2, -0.15) is 4.68 Å². The van der Waals surface area contributed by atoms with Gasteiger partial charge in [-0.1, -0.05) is 23.7 Å². The number of aryl methyl sites for hydroxylation is 1. The molecule has 2 aromatic rings. The lowest BCUT2D eigenvalue weighted by Crippen LogP contribution is -2.53. The Kier molecular flexibility index (Phi) is 6.18. The van der Waals surface area contributed by atoms with Crippen molar-refractivity contribution in [3.63, 3.8) is 0 Å². The summed E-state index contributed by atoms with van der Waals surface area (Å²) in [4.78, 5) is 17.3. The fourth-order valence-corrected chi connectivity index (χ4v) is 5.25. The Hall–Kier alpha value is -1.90. The van der Waals surface area contributed by atoms with Crippen molar-refractivity contribution in [2.45, 2.75) is 44.7 Å². The minimum atomic E-state index is -1.21. The van der Waals surface area contributed by atoms with E-state index in [-0.39, 0.29) is 11.6 Å². The number of amides is 1. The number of nitrogens with one attached hydrogen (secondary N) is 1. The molecule has 4 rings (SSSR count). The lowest BCUT2D eigenvalue weighted by molar-refractivity contribution is 0.0585. The summed E-state index contributed by atoms with van der Waals surface area (Å²) in [5.41, 5.74) is 2.57. The van der Waals surface area contributed by atoms with Crippen molar-refractivity contribution in [2.75, 3.05) is 30.6 Å². The first-order valence-electron chi connectivity index (χ1n) is 10.3. The average Bonchev–Trinajstić information content (AvgIpc) is 3.32. The van der Waals surface area contributed by atoms with Gasteiger partial charge in [-0.15, -0.1) is 5.10 Å². The van der Waals surface area contributed by atoms with Gasteiger partial charge in [-0.25, -0.2) is 9.00 Å². The quantitative estimate of drug-likeness (QED) is 0.773. The number of benzene rings is 1. The van der Waals surface area contributed by atoms with E-state index in [4.69, 9.17) is 11.6 Å². The van der Waals surface area contributed by atoms with Crippen molar-refractivity contribution >= 4 is 34.4 Å². The summed E-state index contributed by atoms with van der Waals surface area (Å²) in [6.07, 6.45) is 7.46. The van der Waals surface area contributed by atoms with E-state index in [1.165, 1.54) is 29.3 Å². The Labute approximate surface area is 185 Å². The topological polar surface area (TPSA) is 70.5 Å². The predicted octanol–water partition coefficient (Wildman–Crippen LogP) is 3.65. The van der Waals surface area contributed by atoms with E-state index in [2.05, 4.69) is 26.9 Å². The van der Waals surface area contributed by atoms with Crippen LogP contribution in [0.1, 0.15) is 36.8 Å². The molecule has 0 bridgehead atoms. The normalized spacial score (nSPS) is 19.9. The molecule has 30 heavy (non-hydrogen) atoms. The number of hydrogen-bond acceptors (Lipinski definition) is 4. The average molecular weight is 450 g/mol. The van der Waals surface area contributed by atoms with Crippen molar-refractivity contribution in [3.8, 4) is 0 Å². The fourth-order valence-electron chi connectivity index (χ4n) is 4.72. The summed E-state index contributed by atoms with van der Waals surface area (Å²) in [5, 5.41) is 5.01. The van der Waals surface area contributed by atoms with Crippen LogP contribution in [0.15, 0.2) is 30.5 Å². The number of rotatable bonds is 4. The number of likely N-dealkylation sites (tertiary alicyclic amines) is 2. The third-order valence-corrected chi connectivity index (χ3v) is 7.26. The molecule has 7 nitrogen and oxygen atoms in total. The first-order valence-corrected chi connectivity index (χ1v) is 12.2. The number of anilines is 1. The molecule has 2 fully saturated rings. The maximum absolute atomic E-state index is 12.8. The first kappa shape index (κ1) is 21.3. The van der Waals surface area contributed by atoms with Crippen LogP contribution in [0.25, 0.3) is 0 Å². The van der Waals surface area contributed by atoms with Crippen LogP contribution >= 0.6 is 11.6 Å². The molecule has 2 aliphatic rings. The maximum atomic E-state index is 12.8. The summed E-state index contributed by atoms with van der Waals surface area (Å²) >= 11 is 6.18. The van der Waals surface area contributed by atoms with E-state index in [9.17, 15) is 9.00 Å². The molecule has 0 aliphatic carbocycles.